The number of hydrogen-bond donors (Lipinski definition) is 2. The van der Waals surface area contributed by atoms with Gasteiger partial charge in [-0.25, -0.2) is 15.0 Å². The van der Waals surface area contributed by atoms with Gasteiger partial charge in [-0.05, 0) is 36.2 Å². The smallest absolute Gasteiger partial charge is 0.222 e. The molecule has 0 bridgehead atoms. The Balaban J connectivity index is 1.82. The summed E-state index contributed by atoms with van der Waals surface area (Å²) in [4.78, 5) is 17.4. The summed E-state index contributed by atoms with van der Waals surface area (Å²) in [5, 5.41) is 9.09. The third kappa shape index (κ3) is 3.02. The minimum atomic E-state index is 0.122. The lowest BCUT2D eigenvalue weighted by molar-refractivity contribution is 0.813. The Hall–Kier alpha value is -3.99. The molecule has 0 atom stereocenters. The maximum absolute atomic E-state index is 9.09. The molecule has 0 saturated carbocycles. The van der Waals surface area contributed by atoms with Crippen LogP contribution >= 0.6 is 0 Å². The van der Waals surface area contributed by atoms with E-state index < -0.39 is 0 Å². The van der Waals surface area contributed by atoms with Gasteiger partial charge in [-0.1, -0.05) is 18.2 Å². The number of benzene rings is 1. The molecule has 0 unspecified atom stereocenters. The van der Waals surface area contributed by atoms with Gasteiger partial charge in [0.2, 0.25) is 5.95 Å². The van der Waals surface area contributed by atoms with Gasteiger partial charge in [-0.15, -0.1) is 0 Å². The van der Waals surface area contributed by atoms with Crippen LogP contribution in [0.4, 0.5) is 11.6 Å². The van der Waals surface area contributed by atoms with Crippen LogP contribution < -0.4 is 11.5 Å². The molecular formula is C19H16N8. The molecule has 0 aliphatic carbocycles. The van der Waals surface area contributed by atoms with E-state index in [4.69, 9.17) is 16.7 Å². The zero-order chi connectivity index (χ0) is 19.0. The van der Waals surface area contributed by atoms with E-state index in [9.17, 15) is 0 Å². The summed E-state index contributed by atoms with van der Waals surface area (Å²) in [5.74, 6) is 0.122. The van der Waals surface area contributed by atoms with Crippen LogP contribution in [0.5, 0.6) is 0 Å². The standard InChI is InChI=1S/C19H16N8/c1-11-7-12(5-6-14(11)21)9-27-10-23-17-16(25-19(22)26-18(17)27)15-4-2-3-13(8-20)24-15/h2-7,10H,9,21H2,1H3,(H2,22,25,26). The van der Waals surface area contributed by atoms with Gasteiger partial charge in [-0.3, -0.25) is 0 Å². The maximum Gasteiger partial charge on any atom is 0.222 e. The molecule has 0 aliphatic heterocycles. The van der Waals surface area contributed by atoms with E-state index in [0.29, 0.717) is 34.8 Å². The molecule has 27 heavy (non-hydrogen) atoms. The number of imidazole rings is 1. The summed E-state index contributed by atoms with van der Waals surface area (Å²) in [7, 11) is 0. The fourth-order valence-corrected chi connectivity index (χ4v) is 2.92. The number of pyridine rings is 1. The number of anilines is 2. The summed E-state index contributed by atoms with van der Waals surface area (Å²) in [6.07, 6.45) is 1.70. The van der Waals surface area contributed by atoms with Crippen molar-refractivity contribution in [2.75, 3.05) is 11.5 Å². The second-order valence-electron chi connectivity index (χ2n) is 6.19. The van der Waals surface area contributed by atoms with E-state index in [-0.39, 0.29) is 5.95 Å². The first-order valence-corrected chi connectivity index (χ1v) is 8.26. The lowest BCUT2D eigenvalue weighted by Gasteiger charge is -2.08. The van der Waals surface area contributed by atoms with Crippen molar-refractivity contribution in [3.63, 3.8) is 0 Å². The number of nitriles is 1. The van der Waals surface area contributed by atoms with Crippen molar-refractivity contribution >= 4 is 22.8 Å². The average Bonchev–Trinajstić information content (AvgIpc) is 3.06. The van der Waals surface area contributed by atoms with Gasteiger partial charge in [0.15, 0.2) is 5.65 Å². The number of aryl methyl sites for hydroxylation is 1. The quantitative estimate of drug-likeness (QED) is 0.538. The highest BCUT2D eigenvalue weighted by Crippen LogP contribution is 2.25. The number of nitrogen functional groups attached to an aromatic ring is 2. The topological polar surface area (TPSA) is 132 Å². The number of fused-ring (bicyclic) bond motifs is 1. The lowest BCUT2D eigenvalue weighted by atomic mass is 10.1. The molecule has 0 radical (unpaired) electrons. The van der Waals surface area contributed by atoms with Crippen LogP contribution in [0.3, 0.4) is 0 Å². The second-order valence-corrected chi connectivity index (χ2v) is 6.19. The molecule has 3 aromatic heterocycles. The largest absolute Gasteiger partial charge is 0.399 e. The summed E-state index contributed by atoms with van der Waals surface area (Å²) < 4.78 is 1.90. The second kappa shape index (κ2) is 6.38. The number of aromatic nitrogens is 5. The molecule has 0 amide bonds. The van der Waals surface area contributed by atoms with Crippen molar-refractivity contribution in [2.24, 2.45) is 0 Å². The Labute approximate surface area is 155 Å². The molecule has 8 heteroatoms. The molecule has 4 aromatic rings. The van der Waals surface area contributed by atoms with Crippen LogP contribution in [0.15, 0.2) is 42.7 Å². The highest BCUT2D eigenvalue weighted by atomic mass is 15.1. The van der Waals surface area contributed by atoms with E-state index in [2.05, 4.69) is 19.9 Å². The molecule has 0 fully saturated rings. The predicted molar refractivity (Wildman–Crippen MR) is 102 cm³/mol. The number of nitrogens with two attached hydrogens (primary N) is 2. The fourth-order valence-electron chi connectivity index (χ4n) is 2.92. The molecule has 4 N–H and O–H groups in total. The van der Waals surface area contributed by atoms with Crippen molar-refractivity contribution in [1.82, 2.24) is 24.5 Å². The van der Waals surface area contributed by atoms with E-state index in [1.807, 2.05) is 35.8 Å². The molecule has 3 heterocycles. The van der Waals surface area contributed by atoms with Crippen LogP contribution in [-0.4, -0.2) is 24.5 Å². The van der Waals surface area contributed by atoms with Crippen molar-refractivity contribution in [3.8, 4) is 17.5 Å². The van der Waals surface area contributed by atoms with Gasteiger partial charge in [0.05, 0.1) is 18.6 Å². The summed E-state index contributed by atoms with van der Waals surface area (Å²) in [5.41, 5.74) is 17.2. The van der Waals surface area contributed by atoms with Gasteiger partial charge in [0.1, 0.15) is 23.0 Å². The first-order chi connectivity index (χ1) is 13.0. The Morgan fingerprint density at radius 1 is 1.11 bits per heavy atom. The normalized spacial score (nSPS) is 10.8. The van der Waals surface area contributed by atoms with Crippen LogP contribution in [0.2, 0.25) is 0 Å². The van der Waals surface area contributed by atoms with Gasteiger partial charge >= 0.3 is 0 Å². The van der Waals surface area contributed by atoms with Crippen LogP contribution in [0.1, 0.15) is 16.8 Å². The zero-order valence-corrected chi connectivity index (χ0v) is 14.6. The summed E-state index contributed by atoms with van der Waals surface area (Å²) >= 11 is 0. The Bertz CT molecular complexity index is 1200. The van der Waals surface area contributed by atoms with Crippen molar-refractivity contribution < 1.29 is 0 Å². The third-order valence-electron chi connectivity index (χ3n) is 4.27. The number of nitrogens with zero attached hydrogens (tertiary/aromatic N) is 6. The maximum atomic E-state index is 9.09. The van der Waals surface area contributed by atoms with Crippen molar-refractivity contribution in [1.29, 1.82) is 5.26 Å². The van der Waals surface area contributed by atoms with E-state index in [1.54, 1.807) is 24.5 Å². The molecule has 1 aromatic carbocycles. The molecule has 8 nitrogen and oxygen atoms in total. The molecule has 0 aliphatic rings. The Morgan fingerprint density at radius 3 is 2.74 bits per heavy atom. The zero-order valence-electron chi connectivity index (χ0n) is 14.6. The van der Waals surface area contributed by atoms with Crippen LogP contribution in [-0.2, 0) is 6.54 Å². The summed E-state index contributed by atoms with van der Waals surface area (Å²) in [6, 6.07) is 13.1. The van der Waals surface area contributed by atoms with E-state index in [1.165, 1.54) is 0 Å². The number of hydrogen-bond acceptors (Lipinski definition) is 7. The van der Waals surface area contributed by atoms with Crippen LogP contribution in [0.25, 0.3) is 22.6 Å². The highest BCUT2D eigenvalue weighted by Gasteiger charge is 2.15. The minimum absolute atomic E-state index is 0.122. The minimum Gasteiger partial charge on any atom is -0.399 e. The van der Waals surface area contributed by atoms with Gasteiger partial charge in [-0.2, -0.15) is 10.2 Å². The predicted octanol–water partition coefficient (Wildman–Crippen LogP) is 2.28. The molecule has 0 spiro atoms. The van der Waals surface area contributed by atoms with E-state index >= 15 is 0 Å². The number of rotatable bonds is 3. The van der Waals surface area contributed by atoms with Gasteiger partial charge in [0, 0.05) is 5.69 Å². The van der Waals surface area contributed by atoms with Gasteiger partial charge in [0.25, 0.3) is 0 Å². The fraction of sp³-hybridized carbons (Fsp3) is 0.105. The summed E-state index contributed by atoms with van der Waals surface area (Å²) in [6.45, 7) is 2.54. The first kappa shape index (κ1) is 16.5. The third-order valence-corrected chi connectivity index (χ3v) is 4.27. The van der Waals surface area contributed by atoms with Crippen LogP contribution in [0, 0.1) is 18.3 Å². The van der Waals surface area contributed by atoms with Gasteiger partial charge < -0.3 is 16.0 Å². The molecule has 132 valence electrons. The Morgan fingerprint density at radius 2 is 1.96 bits per heavy atom. The monoisotopic (exact) mass is 356 g/mol. The Kier molecular flexibility index (Phi) is 3.90. The molecule has 0 saturated heterocycles. The van der Waals surface area contributed by atoms with Crippen molar-refractivity contribution in [2.45, 2.75) is 13.5 Å². The molecular weight excluding hydrogens is 340 g/mol. The highest BCUT2D eigenvalue weighted by molar-refractivity contribution is 5.87. The lowest BCUT2D eigenvalue weighted by Crippen LogP contribution is -2.04. The average molecular weight is 356 g/mol. The van der Waals surface area contributed by atoms with Crippen molar-refractivity contribution in [3.05, 3.63) is 59.5 Å². The van der Waals surface area contributed by atoms with E-state index in [0.717, 1.165) is 16.8 Å². The molecule has 4 rings (SSSR count). The first-order valence-electron chi connectivity index (χ1n) is 8.26. The SMILES string of the molecule is Cc1cc(Cn2cnc3c(-c4cccc(C#N)n4)nc(N)nc32)ccc1N.